The summed E-state index contributed by atoms with van der Waals surface area (Å²) < 4.78 is 0. The van der Waals surface area contributed by atoms with Crippen LogP contribution in [0.4, 0.5) is 0 Å². The van der Waals surface area contributed by atoms with E-state index in [9.17, 15) is 4.79 Å². The normalized spacial score (nSPS) is 29.8. The maximum atomic E-state index is 12.5. The van der Waals surface area contributed by atoms with Gasteiger partial charge in [0.15, 0.2) is 0 Å². The fourth-order valence-corrected chi connectivity index (χ4v) is 2.57. The molecule has 16 heavy (non-hydrogen) atoms. The predicted molar refractivity (Wildman–Crippen MR) is 67.0 cm³/mol. The molecule has 0 unspecified atom stereocenters. The fourth-order valence-electron chi connectivity index (χ4n) is 2.57. The highest BCUT2D eigenvalue weighted by Crippen LogP contribution is 2.46. The third kappa shape index (κ3) is 2.10. The minimum Gasteiger partial charge on any atom is -0.340 e. The molecule has 1 saturated carbocycles. The van der Waals surface area contributed by atoms with Crippen LogP contribution in [-0.4, -0.2) is 29.9 Å². The number of hydrogen-bond donors (Lipinski definition) is 1. The van der Waals surface area contributed by atoms with Crippen molar-refractivity contribution in [3.63, 3.8) is 0 Å². The average molecular weight is 226 g/mol. The number of nitrogens with zero attached hydrogens (tertiary/aromatic N) is 1. The van der Waals surface area contributed by atoms with E-state index >= 15 is 0 Å². The second-order valence-corrected chi connectivity index (χ2v) is 6.03. The van der Waals surface area contributed by atoms with Gasteiger partial charge in [-0.1, -0.05) is 13.8 Å². The lowest BCUT2D eigenvalue weighted by atomic mass is 9.61. The summed E-state index contributed by atoms with van der Waals surface area (Å²) in [5.74, 6) is 0.880. The maximum absolute atomic E-state index is 12.5. The van der Waals surface area contributed by atoms with Gasteiger partial charge in [-0.3, -0.25) is 4.79 Å². The molecule has 0 heterocycles. The molecule has 0 saturated heterocycles. The standard InChI is InChI=1S/C13H26N2O/c1-6-12(3,4)15(5)11(16)13(9-14)7-10(2)8-13/h10H,6-9,14H2,1-5H3. The summed E-state index contributed by atoms with van der Waals surface area (Å²) in [6.07, 6.45) is 2.87. The smallest absolute Gasteiger partial charge is 0.230 e. The Balaban J connectivity index is 2.77. The van der Waals surface area contributed by atoms with Crippen molar-refractivity contribution >= 4 is 5.91 Å². The highest BCUT2D eigenvalue weighted by molar-refractivity contribution is 5.84. The van der Waals surface area contributed by atoms with Gasteiger partial charge in [0.25, 0.3) is 0 Å². The van der Waals surface area contributed by atoms with Gasteiger partial charge in [0, 0.05) is 19.1 Å². The molecule has 0 atom stereocenters. The predicted octanol–water partition coefficient (Wildman–Crippen LogP) is 2.01. The van der Waals surface area contributed by atoms with Gasteiger partial charge in [-0.05, 0) is 39.0 Å². The molecule has 1 fully saturated rings. The topological polar surface area (TPSA) is 46.3 Å². The highest BCUT2D eigenvalue weighted by atomic mass is 16.2. The van der Waals surface area contributed by atoms with Gasteiger partial charge in [0.05, 0.1) is 5.41 Å². The second kappa shape index (κ2) is 4.36. The summed E-state index contributed by atoms with van der Waals surface area (Å²) >= 11 is 0. The Hall–Kier alpha value is -0.570. The van der Waals surface area contributed by atoms with Crippen LogP contribution >= 0.6 is 0 Å². The van der Waals surface area contributed by atoms with Crippen LogP contribution in [0.2, 0.25) is 0 Å². The molecule has 0 bridgehead atoms. The number of amides is 1. The van der Waals surface area contributed by atoms with Crippen molar-refractivity contribution in [1.29, 1.82) is 0 Å². The molecule has 1 rings (SSSR count). The molecule has 3 nitrogen and oxygen atoms in total. The molecule has 2 N–H and O–H groups in total. The van der Waals surface area contributed by atoms with E-state index in [2.05, 4.69) is 27.7 Å². The van der Waals surface area contributed by atoms with Crippen molar-refractivity contribution in [2.45, 2.75) is 52.5 Å². The first-order valence-electron chi connectivity index (χ1n) is 6.27. The van der Waals surface area contributed by atoms with Crippen LogP contribution in [0, 0.1) is 11.3 Å². The molecule has 1 amide bonds. The fraction of sp³-hybridized carbons (Fsp3) is 0.923. The summed E-state index contributed by atoms with van der Waals surface area (Å²) in [7, 11) is 1.91. The van der Waals surface area contributed by atoms with Crippen molar-refractivity contribution < 1.29 is 4.79 Å². The molecule has 3 heteroatoms. The van der Waals surface area contributed by atoms with Crippen LogP contribution in [0.1, 0.15) is 47.0 Å². The number of carbonyl (C=O) groups is 1. The molecule has 0 aromatic rings. The lowest BCUT2D eigenvalue weighted by Gasteiger charge is -2.49. The van der Waals surface area contributed by atoms with E-state index in [1.165, 1.54) is 0 Å². The van der Waals surface area contributed by atoms with E-state index in [1.807, 2.05) is 11.9 Å². The Morgan fingerprint density at radius 1 is 1.50 bits per heavy atom. The first kappa shape index (κ1) is 13.5. The van der Waals surface area contributed by atoms with Crippen molar-refractivity contribution in [1.82, 2.24) is 4.90 Å². The molecule has 0 aromatic carbocycles. The van der Waals surface area contributed by atoms with Gasteiger partial charge in [-0.25, -0.2) is 0 Å². The van der Waals surface area contributed by atoms with Crippen LogP contribution in [0.15, 0.2) is 0 Å². The molecule has 94 valence electrons. The molecule has 1 aliphatic carbocycles. The van der Waals surface area contributed by atoms with Crippen molar-refractivity contribution in [2.24, 2.45) is 17.1 Å². The molecular weight excluding hydrogens is 200 g/mol. The summed E-state index contributed by atoms with van der Waals surface area (Å²) in [4.78, 5) is 14.4. The van der Waals surface area contributed by atoms with Gasteiger partial charge in [-0.2, -0.15) is 0 Å². The van der Waals surface area contributed by atoms with Crippen molar-refractivity contribution in [2.75, 3.05) is 13.6 Å². The van der Waals surface area contributed by atoms with Crippen LogP contribution in [0.25, 0.3) is 0 Å². The third-order valence-electron chi connectivity index (χ3n) is 4.40. The summed E-state index contributed by atoms with van der Waals surface area (Å²) in [6, 6.07) is 0. The Labute approximate surface area is 99.4 Å². The van der Waals surface area contributed by atoms with Gasteiger partial charge in [0.1, 0.15) is 0 Å². The minimum atomic E-state index is -0.263. The van der Waals surface area contributed by atoms with Crippen molar-refractivity contribution in [3.05, 3.63) is 0 Å². The van der Waals surface area contributed by atoms with Gasteiger partial charge in [-0.15, -0.1) is 0 Å². The molecule has 1 aliphatic rings. The van der Waals surface area contributed by atoms with E-state index in [4.69, 9.17) is 5.73 Å². The van der Waals surface area contributed by atoms with Crippen LogP contribution in [0.5, 0.6) is 0 Å². The Kier molecular flexibility index (Phi) is 3.68. The quantitative estimate of drug-likeness (QED) is 0.797. The highest BCUT2D eigenvalue weighted by Gasteiger charge is 2.49. The van der Waals surface area contributed by atoms with E-state index in [0.29, 0.717) is 12.5 Å². The summed E-state index contributed by atoms with van der Waals surface area (Å²) in [5, 5.41) is 0. The zero-order chi connectivity index (χ0) is 12.6. The lowest BCUT2D eigenvalue weighted by molar-refractivity contribution is -0.153. The second-order valence-electron chi connectivity index (χ2n) is 6.03. The van der Waals surface area contributed by atoms with Gasteiger partial charge in [0.2, 0.25) is 5.91 Å². The molecule has 0 radical (unpaired) electrons. The Morgan fingerprint density at radius 3 is 2.31 bits per heavy atom. The number of hydrogen-bond acceptors (Lipinski definition) is 2. The molecule has 0 aliphatic heterocycles. The summed E-state index contributed by atoms with van der Waals surface area (Å²) in [6.45, 7) is 9.00. The van der Waals surface area contributed by atoms with Crippen LogP contribution < -0.4 is 5.73 Å². The Morgan fingerprint density at radius 2 is 2.00 bits per heavy atom. The number of nitrogens with two attached hydrogens (primary N) is 1. The number of rotatable bonds is 4. The monoisotopic (exact) mass is 226 g/mol. The van der Waals surface area contributed by atoms with Crippen LogP contribution in [-0.2, 0) is 4.79 Å². The third-order valence-corrected chi connectivity index (χ3v) is 4.40. The van der Waals surface area contributed by atoms with E-state index < -0.39 is 0 Å². The largest absolute Gasteiger partial charge is 0.340 e. The molecular formula is C13H26N2O. The average Bonchev–Trinajstić information content (AvgIpc) is 2.22. The zero-order valence-corrected chi connectivity index (χ0v) is 11.3. The maximum Gasteiger partial charge on any atom is 0.230 e. The molecule has 0 spiro atoms. The first-order valence-corrected chi connectivity index (χ1v) is 6.27. The summed E-state index contributed by atoms with van der Waals surface area (Å²) in [5.41, 5.74) is 5.47. The Bertz CT molecular complexity index is 267. The lowest BCUT2D eigenvalue weighted by Crippen LogP contribution is -2.58. The SMILES string of the molecule is CCC(C)(C)N(C)C(=O)C1(CN)CC(C)C1. The van der Waals surface area contributed by atoms with Gasteiger partial charge >= 0.3 is 0 Å². The van der Waals surface area contributed by atoms with Gasteiger partial charge < -0.3 is 10.6 Å². The van der Waals surface area contributed by atoms with E-state index in [-0.39, 0.29) is 16.9 Å². The zero-order valence-electron chi connectivity index (χ0n) is 11.3. The molecule has 0 aromatic heterocycles. The van der Waals surface area contributed by atoms with Crippen molar-refractivity contribution in [3.8, 4) is 0 Å². The van der Waals surface area contributed by atoms with E-state index in [0.717, 1.165) is 19.3 Å². The number of carbonyl (C=O) groups excluding carboxylic acids is 1. The van der Waals surface area contributed by atoms with Crippen LogP contribution in [0.3, 0.4) is 0 Å². The van der Waals surface area contributed by atoms with E-state index in [1.54, 1.807) is 0 Å². The minimum absolute atomic E-state index is 0.0713. The first-order chi connectivity index (χ1) is 7.29.